The number of carbonyl (C=O) groups excluding carboxylic acids is 1. The van der Waals surface area contributed by atoms with E-state index in [0.717, 1.165) is 16.1 Å². The van der Waals surface area contributed by atoms with Crippen molar-refractivity contribution in [3.8, 4) is 6.07 Å². The van der Waals surface area contributed by atoms with Crippen molar-refractivity contribution in [3.63, 3.8) is 0 Å². The van der Waals surface area contributed by atoms with Gasteiger partial charge in [-0.05, 0) is 41.3 Å². The van der Waals surface area contributed by atoms with E-state index in [1.165, 1.54) is 0 Å². The van der Waals surface area contributed by atoms with E-state index in [0.29, 0.717) is 5.56 Å². The number of hydrogen-bond donors (Lipinski definition) is 2. The summed E-state index contributed by atoms with van der Waals surface area (Å²) in [6.45, 7) is 0.167. The van der Waals surface area contributed by atoms with E-state index < -0.39 is 0 Å². The third-order valence-electron chi connectivity index (χ3n) is 3.73. The molecule has 0 aliphatic carbocycles. The molecule has 4 nitrogen and oxygen atoms in total. The second-order valence-electron chi connectivity index (χ2n) is 5.47. The molecule has 0 bridgehead atoms. The molecule has 1 atom stereocenters. The van der Waals surface area contributed by atoms with Crippen LogP contribution in [0.4, 0.5) is 5.69 Å². The van der Waals surface area contributed by atoms with E-state index in [1.54, 1.807) is 35.6 Å². The Bertz CT molecular complexity index is 852. The van der Waals surface area contributed by atoms with Gasteiger partial charge in [-0.15, -0.1) is 11.3 Å². The van der Waals surface area contributed by atoms with Gasteiger partial charge < -0.3 is 10.6 Å². The molecule has 0 spiro atoms. The summed E-state index contributed by atoms with van der Waals surface area (Å²) in [6, 6.07) is 22.9. The maximum absolute atomic E-state index is 12.4. The average Bonchev–Trinajstić information content (AvgIpc) is 3.20. The smallest absolute Gasteiger partial charge is 0.240 e. The maximum Gasteiger partial charge on any atom is 0.240 e. The van der Waals surface area contributed by atoms with Crippen LogP contribution >= 0.6 is 11.3 Å². The van der Waals surface area contributed by atoms with Crippen LogP contribution in [0, 0.1) is 11.3 Å². The van der Waals surface area contributed by atoms with Crippen LogP contribution < -0.4 is 10.6 Å². The lowest BCUT2D eigenvalue weighted by atomic mass is 10.1. The first kappa shape index (κ1) is 16.7. The lowest BCUT2D eigenvalue weighted by Gasteiger charge is -2.18. The number of thiophene rings is 1. The quantitative estimate of drug-likeness (QED) is 0.710. The van der Waals surface area contributed by atoms with Crippen LogP contribution in [0.3, 0.4) is 0 Å². The van der Waals surface area contributed by atoms with Crippen LogP contribution in [0.1, 0.15) is 22.0 Å². The fourth-order valence-electron chi connectivity index (χ4n) is 2.48. The van der Waals surface area contributed by atoms with E-state index in [9.17, 15) is 4.79 Å². The van der Waals surface area contributed by atoms with Crippen LogP contribution in [0.2, 0.25) is 0 Å². The van der Waals surface area contributed by atoms with Gasteiger partial charge in [0.25, 0.3) is 0 Å². The molecule has 3 rings (SSSR count). The van der Waals surface area contributed by atoms with E-state index in [2.05, 4.69) is 16.7 Å². The molecule has 3 aromatic rings. The first-order chi connectivity index (χ1) is 12.3. The Hall–Kier alpha value is -3.10. The van der Waals surface area contributed by atoms with Crippen LogP contribution in [-0.4, -0.2) is 12.5 Å². The minimum Gasteiger partial charge on any atom is -0.376 e. The van der Waals surface area contributed by atoms with Crippen LogP contribution in [0.15, 0.2) is 72.1 Å². The lowest BCUT2D eigenvalue weighted by Crippen LogP contribution is -2.33. The molecule has 25 heavy (non-hydrogen) atoms. The van der Waals surface area contributed by atoms with E-state index >= 15 is 0 Å². The van der Waals surface area contributed by atoms with Gasteiger partial charge in [0.2, 0.25) is 5.91 Å². The highest BCUT2D eigenvalue weighted by Gasteiger charge is 2.17. The molecular weight excluding hydrogens is 330 g/mol. The largest absolute Gasteiger partial charge is 0.376 e. The van der Waals surface area contributed by atoms with E-state index in [-0.39, 0.29) is 18.5 Å². The Morgan fingerprint density at radius 3 is 2.44 bits per heavy atom. The monoisotopic (exact) mass is 347 g/mol. The van der Waals surface area contributed by atoms with Crippen LogP contribution in [0.5, 0.6) is 0 Å². The van der Waals surface area contributed by atoms with Gasteiger partial charge in [-0.1, -0.05) is 36.4 Å². The summed E-state index contributed by atoms with van der Waals surface area (Å²) in [5.74, 6) is -0.0911. The Balaban J connectivity index is 1.65. The normalized spacial score (nSPS) is 11.3. The second-order valence-corrected chi connectivity index (χ2v) is 6.45. The highest BCUT2D eigenvalue weighted by atomic mass is 32.1. The molecule has 124 valence electrons. The molecule has 0 saturated heterocycles. The van der Waals surface area contributed by atoms with Gasteiger partial charge in [0.15, 0.2) is 0 Å². The fraction of sp³-hybridized carbons (Fsp3) is 0.100. The maximum atomic E-state index is 12.4. The summed E-state index contributed by atoms with van der Waals surface area (Å²) in [6.07, 6.45) is 0. The van der Waals surface area contributed by atoms with Crippen molar-refractivity contribution in [2.75, 3.05) is 11.9 Å². The van der Waals surface area contributed by atoms with E-state index in [1.807, 2.05) is 47.8 Å². The zero-order valence-electron chi connectivity index (χ0n) is 13.5. The molecule has 0 radical (unpaired) electrons. The second kappa shape index (κ2) is 8.13. The highest BCUT2D eigenvalue weighted by Crippen LogP contribution is 2.25. The van der Waals surface area contributed by atoms with E-state index in [4.69, 9.17) is 5.26 Å². The summed E-state index contributed by atoms with van der Waals surface area (Å²) < 4.78 is 0. The number of carbonyl (C=O) groups is 1. The summed E-state index contributed by atoms with van der Waals surface area (Å²) >= 11 is 1.62. The van der Waals surface area contributed by atoms with Crippen molar-refractivity contribution in [3.05, 3.63) is 88.1 Å². The molecule has 0 aliphatic heterocycles. The SMILES string of the molecule is N#Cc1ccc(NCC(=O)N[C@H](c2ccccc2)c2cccs2)cc1. The van der Waals surface area contributed by atoms with Gasteiger partial charge in [0.1, 0.15) is 0 Å². The number of hydrogen-bond acceptors (Lipinski definition) is 4. The van der Waals surface area contributed by atoms with Crippen molar-refractivity contribution in [2.45, 2.75) is 6.04 Å². The lowest BCUT2D eigenvalue weighted by molar-refractivity contribution is -0.119. The molecule has 0 aliphatic rings. The van der Waals surface area contributed by atoms with Crippen LogP contribution in [0.25, 0.3) is 0 Å². The number of amides is 1. The predicted octanol–water partition coefficient (Wildman–Crippen LogP) is 3.94. The van der Waals surface area contributed by atoms with Crippen LogP contribution in [-0.2, 0) is 4.79 Å². The van der Waals surface area contributed by atoms with Gasteiger partial charge in [0, 0.05) is 10.6 Å². The molecule has 1 aromatic heterocycles. The number of nitriles is 1. The Kier molecular flexibility index (Phi) is 5.45. The first-order valence-electron chi connectivity index (χ1n) is 7.88. The van der Waals surface area contributed by atoms with Gasteiger partial charge in [-0.3, -0.25) is 4.79 Å². The summed E-state index contributed by atoms with van der Waals surface area (Å²) in [7, 11) is 0. The van der Waals surface area contributed by atoms with Gasteiger partial charge in [0.05, 0.1) is 24.2 Å². The zero-order chi connectivity index (χ0) is 17.5. The topological polar surface area (TPSA) is 64.9 Å². The standard InChI is InChI=1S/C20H17N3OS/c21-13-15-8-10-17(11-9-15)22-14-19(24)23-20(18-7-4-12-25-18)16-5-2-1-3-6-16/h1-12,20,22H,14H2,(H,23,24)/t20-/m1/s1. The molecule has 1 heterocycles. The molecule has 2 N–H and O–H groups in total. The fourth-order valence-corrected chi connectivity index (χ4v) is 3.28. The molecular formula is C20H17N3OS. The summed E-state index contributed by atoms with van der Waals surface area (Å²) in [5, 5.41) is 17.0. The summed E-state index contributed by atoms with van der Waals surface area (Å²) in [5.41, 5.74) is 2.45. The third-order valence-corrected chi connectivity index (χ3v) is 4.67. The van der Waals surface area contributed by atoms with Crippen molar-refractivity contribution in [1.82, 2.24) is 5.32 Å². The Morgan fingerprint density at radius 2 is 1.80 bits per heavy atom. The Labute approximate surface area is 150 Å². The predicted molar refractivity (Wildman–Crippen MR) is 100 cm³/mol. The van der Waals surface area contributed by atoms with Crippen molar-refractivity contribution < 1.29 is 4.79 Å². The third kappa shape index (κ3) is 4.46. The van der Waals surface area contributed by atoms with Crippen molar-refractivity contribution in [1.29, 1.82) is 5.26 Å². The molecule has 2 aromatic carbocycles. The first-order valence-corrected chi connectivity index (χ1v) is 8.76. The molecule has 0 fully saturated rings. The average molecular weight is 347 g/mol. The zero-order valence-corrected chi connectivity index (χ0v) is 14.3. The minimum absolute atomic E-state index is 0.0911. The number of anilines is 1. The number of benzene rings is 2. The van der Waals surface area contributed by atoms with Crippen molar-refractivity contribution in [2.24, 2.45) is 0 Å². The molecule has 0 saturated carbocycles. The Morgan fingerprint density at radius 1 is 1.04 bits per heavy atom. The minimum atomic E-state index is -0.156. The van der Waals surface area contributed by atoms with Gasteiger partial charge in [-0.25, -0.2) is 0 Å². The summed E-state index contributed by atoms with van der Waals surface area (Å²) in [4.78, 5) is 13.5. The molecule has 5 heteroatoms. The molecule has 1 amide bonds. The van der Waals surface area contributed by atoms with Crippen molar-refractivity contribution >= 4 is 22.9 Å². The van der Waals surface area contributed by atoms with Gasteiger partial charge in [-0.2, -0.15) is 5.26 Å². The number of rotatable bonds is 6. The van der Waals surface area contributed by atoms with Gasteiger partial charge >= 0.3 is 0 Å². The molecule has 0 unspecified atom stereocenters. The highest BCUT2D eigenvalue weighted by molar-refractivity contribution is 7.10. The number of nitrogens with one attached hydrogen (secondary N) is 2. The number of nitrogens with zero attached hydrogens (tertiary/aromatic N) is 1.